The standard InChI is InChI=1S/C16H22N2O2/c1-11-5-4-6-12(2)15(11)17-16(20)13(3)18-9-7-14(19)8-10-18/h4-6,13H,7-10H2,1-3H3,(H,17,20). The van der Waals surface area contributed by atoms with Gasteiger partial charge in [-0.2, -0.15) is 0 Å². The van der Waals surface area contributed by atoms with E-state index in [0.29, 0.717) is 31.7 Å². The highest BCUT2D eigenvalue weighted by molar-refractivity contribution is 5.96. The van der Waals surface area contributed by atoms with Gasteiger partial charge in [-0.15, -0.1) is 0 Å². The molecule has 1 saturated heterocycles. The van der Waals surface area contributed by atoms with Gasteiger partial charge in [-0.1, -0.05) is 18.2 Å². The third-order valence-electron chi connectivity index (χ3n) is 4.01. The van der Waals surface area contributed by atoms with Gasteiger partial charge < -0.3 is 5.32 Å². The van der Waals surface area contributed by atoms with Gasteiger partial charge in [0.2, 0.25) is 5.91 Å². The molecule has 0 aliphatic carbocycles. The molecule has 1 heterocycles. The van der Waals surface area contributed by atoms with Crippen LogP contribution >= 0.6 is 0 Å². The smallest absolute Gasteiger partial charge is 0.241 e. The zero-order valence-corrected chi connectivity index (χ0v) is 12.4. The molecule has 1 aliphatic heterocycles. The summed E-state index contributed by atoms with van der Waals surface area (Å²) in [4.78, 5) is 25.7. The van der Waals surface area contributed by atoms with E-state index in [0.717, 1.165) is 16.8 Å². The topological polar surface area (TPSA) is 49.4 Å². The number of Topliss-reactive ketones (excluding diaryl/α,β-unsaturated/α-hetero) is 1. The van der Waals surface area contributed by atoms with E-state index < -0.39 is 0 Å². The zero-order chi connectivity index (χ0) is 14.7. The Balaban J connectivity index is 2.02. The molecule has 0 radical (unpaired) electrons. The van der Waals surface area contributed by atoms with E-state index in [2.05, 4.69) is 10.2 Å². The number of amides is 1. The van der Waals surface area contributed by atoms with Crippen LogP contribution in [0.1, 0.15) is 30.9 Å². The first-order chi connectivity index (χ1) is 9.49. The molecule has 20 heavy (non-hydrogen) atoms. The van der Waals surface area contributed by atoms with Gasteiger partial charge in [0.1, 0.15) is 5.78 Å². The summed E-state index contributed by atoms with van der Waals surface area (Å²) < 4.78 is 0. The fourth-order valence-electron chi connectivity index (χ4n) is 2.57. The fourth-order valence-corrected chi connectivity index (χ4v) is 2.57. The second-order valence-electron chi connectivity index (χ2n) is 5.51. The lowest BCUT2D eigenvalue weighted by Gasteiger charge is -2.31. The Morgan fingerprint density at radius 3 is 2.30 bits per heavy atom. The number of piperidine rings is 1. The van der Waals surface area contributed by atoms with Crippen molar-refractivity contribution in [1.29, 1.82) is 0 Å². The Morgan fingerprint density at radius 2 is 1.75 bits per heavy atom. The first-order valence-electron chi connectivity index (χ1n) is 7.12. The molecule has 1 atom stereocenters. The summed E-state index contributed by atoms with van der Waals surface area (Å²) in [6.45, 7) is 7.25. The maximum Gasteiger partial charge on any atom is 0.241 e. The minimum absolute atomic E-state index is 0.00301. The second-order valence-corrected chi connectivity index (χ2v) is 5.51. The molecule has 4 heteroatoms. The SMILES string of the molecule is Cc1cccc(C)c1NC(=O)C(C)N1CCC(=O)CC1. The number of nitrogens with one attached hydrogen (secondary N) is 1. The molecular formula is C16H22N2O2. The number of carbonyl (C=O) groups is 2. The van der Waals surface area contributed by atoms with Crippen molar-refractivity contribution >= 4 is 17.4 Å². The van der Waals surface area contributed by atoms with Gasteiger partial charge in [0.15, 0.2) is 0 Å². The lowest BCUT2D eigenvalue weighted by Crippen LogP contribution is -2.46. The Labute approximate surface area is 120 Å². The number of anilines is 1. The Morgan fingerprint density at radius 1 is 1.20 bits per heavy atom. The molecule has 0 spiro atoms. The molecule has 1 aromatic carbocycles. The van der Waals surface area contributed by atoms with Crippen molar-refractivity contribution in [2.75, 3.05) is 18.4 Å². The number of benzene rings is 1. The summed E-state index contributed by atoms with van der Waals surface area (Å²) in [5.41, 5.74) is 3.04. The van der Waals surface area contributed by atoms with Crippen molar-refractivity contribution in [3.63, 3.8) is 0 Å². The Kier molecular flexibility index (Phi) is 4.55. The molecule has 1 N–H and O–H groups in total. The van der Waals surface area contributed by atoms with E-state index in [1.54, 1.807) is 0 Å². The van der Waals surface area contributed by atoms with E-state index in [1.165, 1.54) is 0 Å². The number of aryl methyl sites for hydroxylation is 2. The van der Waals surface area contributed by atoms with Crippen molar-refractivity contribution in [3.8, 4) is 0 Å². The minimum atomic E-state index is -0.206. The quantitative estimate of drug-likeness (QED) is 0.920. The average molecular weight is 274 g/mol. The van der Waals surface area contributed by atoms with Crippen molar-refractivity contribution in [2.24, 2.45) is 0 Å². The van der Waals surface area contributed by atoms with Gasteiger partial charge in [0.25, 0.3) is 0 Å². The van der Waals surface area contributed by atoms with Gasteiger partial charge >= 0.3 is 0 Å². The van der Waals surface area contributed by atoms with Crippen LogP contribution in [0.4, 0.5) is 5.69 Å². The third kappa shape index (κ3) is 3.25. The summed E-state index contributed by atoms with van der Waals surface area (Å²) in [7, 11) is 0. The lowest BCUT2D eigenvalue weighted by molar-refractivity contribution is -0.126. The molecular weight excluding hydrogens is 252 g/mol. The van der Waals surface area contributed by atoms with Crippen molar-refractivity contribution in [1.82, 2.24) is 4.90 Å². The van der Waals surface area contributed by atoms with Crippen molar-refractivity contribution in [3.05, 3.63) is 29.3 Å². The largest absolute Gasteiger partial charge is 0.324 e. The van der Waals surface area contributed by atoms with Crippen molar-refractivity contribution < 1.29 is 9.59 Å². The van der Waals surface area contributed by atoms with E-state index in [-0.39, 0.29) is 11.9 Å². The van der Waals surface area contributed by atoms with Crippen molar-refractivity contribution in [2.45, 2.75) is 39.7 Å². The van der Waals surface area contributed by atoms with Crippen LogP contribution in [0.5, 0.6) is 0 Å². The molecule has 0 bridgehead atoms. The number of carbonyl (C=O) groups excluding carboxylic acids is 2. The van der Waals surface area contributed by atoms with E-state index in [4.69, 9.17) is 0 Å². The molecule has 108 valence electrons. The minimum Gasteiger partial charge on any atom is -0.324 e. The van der Waals surface area contributed by atoms with Crippen LogP contribution in [0.15, 0.2) is 18.2 Å². The molecule has 2 rings (SSSR count). The van der Waals surface area contributed by atoms with Crippen LogP contribution in [0.3, 0.4) is 0 Å². The van der Waals surface area contributed by atoms with E-state index in [9.17, 15) is 9.59 Å². The molecule has 1 amide bonds. The maximum atomic E-state index is 12.4. The summed E-state index contributed by atoms with van der Waals surface area (Å²) in [6, 6.07) is 5.77. The van der Waals surface area contributed by atoms with Crippen LogP contribution in [-0.2, 0) is 9.59 Å². The number of rotatable bonds is 3. The maximum absolute atomic E-state index is 12.4. The second kappa shape index (κ2) is 6.18. The van der Waals surface area contributed by atoms with Gasteiger partial charge in [-0.25, -0.2) is 0 Å². The summed E-state index contributed by atoms with van der Waals surface area (Å²) >= 11 is 0. The van der Waals surface area contributed by atoms with E-state index in [1.807, 2.05) is 39.0 Å². The molecule has 1 aromatic rings. The van der Waals surface area contributed by atoms with Gasteiger partial charge in [0.05, 0.1) is 6.04 Å². The number of likely N-dealkylation sites (tertiary alicyclic amines) is 1. The number of hydrogen-bond donors (Lipinski definition) is 1. The van der Waals surface area contributed by atoms with Crippen LogP contribution < -0.4 is 5.32 Å². The lowest BCUT2D eigenvalue weighted by atomic mass is 10.1. The number of para-hydroxylation sites is 1. The van der Waals surface area contributed by atoms with Crippen LogP contribution in [0.25, 0.3) is 0 Å². The summed E-state index contributed by atoms with van der Waals surface area (Å²) in [5, 5.41) is 3.02. The number of ketones is 1. The van der Waals surface area contributed by atoms with Crippen LogP contribution in [0, 0.1) is 13.8 Å². The van der Waals surface area contributed by atoms with Crippen LogP contribution in [-0.4, -0.2) is 35.7 Å². The first kappa shape index (κ1) is 14.7. The van der Waals surface area contributed by atoms with Crippen LogP contribution in [0.2, 0.25) is 0 Å². The molecule has 0 aromatic heterocycles. The highest BCUT2D eigenvalue weighted by Gasteiger charge is 2.25. The number of hydrogen-bond acceptors (Lipinski definition) is 3. The third-order valence-corrected chi connectivity index (χ3v) is 4.01. The highest BCUT2D eigenvalue weighted by atomic mass is 16.2. The van der Waals surface area contributed by atoms with Gasteiger partial charge in [0, 0.05) is 31.6 Å². The fraction of sp³-hybridized carbons (Fsp3) is 0.500. The number of nitrogens with zero attached hydrogens (tertiary/aromatic N) is 1. The Hall–Kier alpha value is -1.68. The summed E-state index contributed by atoms with van der Waals surface area (Å²) in [5.74, 6) is 0.292. The monoisotopic (exact) mass is 274 g/mol. The predicted molar refractivity (Wildman–Crippen MR) is 79.8 cm³/mol. The van der Waals surface area contributed by atoms with E-state index >= 15 is 0 Å². The molecule has 1 aliphatic rings. The zero-order valence-electron chi connectivity index (χ0n) is 12.4. The van der Waals surface area contributed by atoms with Gasteiger partial charge in [-0.05, 0) is 31.9 Å². The molecule has 4 nitrogen and oxygen atoms in total. The molecule has 1 fully saturated rings. The molecule has 0 saturated carbocycles. The summed E-state index contributed by atoms with van der Waals surface area (Å²) in [6.07, 6.45) is 1.11. The first-order valence-corrected chi connectivity index (χ1v) is 7.12. The Bertz CT molecular complexity index is 495. The average Bonchev–Trinajstić information content (AvgIpc) is 2.43. The predicted octanol–water partition coefficient (Wildman–Crippen LogP) is 2.30. The normalized spacial score (nSPS) is 17.9. The molecule has 1 unspecified atom stereocenters. The highest BCUT2D eigenvalue weighted by Crippen LogP contribution is 2.20. The van der Waals surface area contributed by atoms with Gasteiger partial charge in [-0.3, -0.25) is 14.5 Å².